The fourth-order valence-electron chi connectivity index (χ4n) is 5.07. The quantitative estimate of drug-likeness (QED) is 0.527. The number of aliphatic hydroxyl groups is 1. The van der Waals surface area contributed by atoms with Gasteiger partial charge in [0.1, 0.15) is 12.6 Å². The predicted molar refractivity (Wildman–Crippen MR) is 109 cm³/mol. The summed E-state index contributed by atoms with van der Waals surface area (Å²) < 4.78 is 4.50. The van der Waals surface area contributed by atoms with E-state index in [-0.39, 0.29) is 36.2 Å². The first kappa shape index (κ1) is 20.5. The van der Waals surface area contributed by atoms with E-state index in [1.165, 1.54) is 16.7 Å². The van der Waals surface area contributed by atoms with Crippen LogP contribution in [0, 0.1) is 11.8 Å². The van der Waals surface area contributed by atoms with E-state index in [0.717, 1.165) is 12.8 Å². The highest BCUT2D eigenvalue weighted by molar-refractivity contribution is 8.02. The number of esters is 1. The molecule has 0 bridgehead atoms. The van der Waals surface area contributed by atoms with E-state index >= 15 is 0 Å². The zero-order chi connectivity index (χ0) is 20.8. The van der Waals surface area contributed by atoms with Gasteiger partial charge in [-0.3, -0.25) is 14.4 Å². The zero-order valence-electron chi connectivity index (χ0n) is 16.8. The Morgan fingerprint density at radius 2 is 2.10 bits per heavy atom. The lowest BCUT2D eigenvalue weighted by Crippen LogP contribution is -2.56. The Morgan fingerprint density at radius 1 is 1.31 bits per heavy atom. The lowest BCUT2D eigenvalue weighted by Gasteiger charge is -2.37. The molecule has 158 valence electrons. The Morgan fingerprint density at radius 3 is 2.83 bits per heavy atom. The summed E-state index contributed by atoms with van der Waals surface area (Å²) in [6, 6.07) is -1.23. The van der Waals surface area contributed by atoms with Crippen LogP contribution in [0.2, 0.25) is 0 Å². The fraction of sp³-hybridized carbons (Fsp3) is 0.667. The van der Waals surface area contributed by atoms with E-state index < -0.39 is 28.7 Å². The van der Waals surface area contributed by atoms with Crippen molar-refractivity contribution in [2.45, 2.75) is 48.8 Å². The van der Waals surface area contributed by atoms with Crippen molar-refractivity contribution in [3.05, 3.63) is 24.3 Å². The lowest BCUT2D eigenvalue weighted by atomic mass is 9.78. The van der Waals surface area contributed by atoms with Gasteiger partial charge in [0, 0.05) is 18.3 Å². The van der Waals surface area contributed by atoms with Gasteiger partial charge in [-0.05, 0) is 13.3 Å². The maximum Gasteiger partial charge on any atom is 0.311 e. The highest BCUT2D eigenvalue weighted by Crippen LogP contribution is 2.61. The summed E-state index contributed by atoms with van der Waals surface area (Å²) >= 11 is 1.53. The van der Waals surface area contributed by atoms with Gasteiger partial charge in [0.05, 0.1) is 29.2 Å². The van der Waals surface area contributed by atoms with Crippen LogP contribution in [0.5, 0.6) is 0 Å². The SMILES string of the molecule is CCCCN1CC=C[C@]23S[C@@H]4C=CCOC(=O)[C@@H]4[C@H]2C(=O)N([C@H](C)CO)C3C1=O. The molecule has 1 spiro atoms. The molecule has 4 aliphatic heterocycles. The smallest absolute Gasteiger partial charge is 0.311 e. The number of thioether (sulfide) groups is 1. The van der Waals surface area contributed by atoms with Crippen LogP contribution in [0.25, 0.3) is 0 Å². The number of carbonyl (C=O) groups is 3. The number of ether oxygens (including phenoxy) is 1. The number of unbranched alkanes of at least 4 members (excludes halogenated alkanes) is 1. The molecule has 0 aliphatic carbocycles. The molecule has 1 N–H and O–H groups in total. The molecular weight excluding hydrogens is 392 g/mol. The molecule has 4 rings (SSSR count). The third-order valence-electron chi connectivity index (χ3n) is 6.46. The second-order valence-corrected chi connectivity index (χ2v) is 9.70. The second kappa shape index (κ2) is 7.80. The molecule has 0 aromatic carbocycles. The van der Waals surface area contributed by atoms with Crippen molar-refractivity contribution in [1.29, 1.82) is 0 Å². The van der Waals surface area contributed by atoms with Gasteiger partial charge in [-0.1, -0.05) is 37.6 Å². The van der Waals surface area contributed by atoms with Gasteiger partial charge in [0.15, 0.2) is 0 Å². The van der Waals surface area contributed by atoms with Crippen molar-refractivity contribution in [1.82, 2.24) is 9.80 Å². The summed E-state index contributed by atoms with van der Waals surface area (Å²) in [5.41, 5.74) is 0. The summed E-state index contributed by atoms with van der Waals surface area (Å²) in [6.45, 7) is 4.92. The van der Waals surface area contributed by atoms with E-state index in [1.807, 2.05) is 24.3 Å². The molecule has 0 aromatic heterocycles. The monoisotopic (exact) mass is 420 g/mol. The van der Waals surface area contributed by atoms with Crippen molar-refractivity contribution in [3.63, 3.8) is 0 Å². The molecule has 1 unspecified atom stereocenters. The summed E-state index contributed by atoms with van der Waals surface area (Å²) in [5.74, 6) is -2.00. The van der Waals surface area contributed by atoms with Gasteiger partial charge in [-0.25, -0.2) is 0 Å². The second-order valence-electron chi connectivity index (χ2n) is 8.22. The van der Waals surface area contributed by atoms with Crippen molar-refractivity contribution in [2.75, 3.05) is 26.3 Å². The van der Waals surface area contributed by atoms with Crippen LogP contribution < -0.4 is 0 Å². The molecule has 4 heterocycles. The Labute approximate surface area is 175 Å². The number of likely N-dealkylation sites (tertiary alicyclic amines) is 1. The van der Waals surface area contributed by atoms with Crippen LogP contribution in [0.3, 0.4) is 0 Å². The Balaban J connectivity index is 1.81. The number of hydrogen-bond donors (Lipinski definition) is 1. The molecule has 6 atom stereocenters. The molecule has 2 amide bonds. The minimum atomic E-state index is -0.825. The zero-order valence-corrected chi connectivity index (χ0v) is 17.6. The fourth-order valence-corrected chi connectivity index (χ4v) is 7.06. The molecule has 2 saturated heterocycles. The summed E-state index contributed by atoms with van der Waals surface area (Å²) in [4.78, 5) is 43.4. The van der Waals surface area contributed by atoms with Gasteiger partial charge in [-0.2, -0.15) is 0 Å². The maximum atomic E-state index is 13.7. The van der Waals surface area contributed by atoms with Crippen LogP contribution in [-0.2, 0) is 19.1 Å². The van der Waals surface area contributed by atoms with Crippen LogP contribution in [-0.4, -0.2) is 81.1 Å². The van der Waals surface area contributed by atoms with Gasteiger partial charge < -0.3 is 19.6 Å². The molecule has 4 aliphatic rings. The van der Waals surface area contributed by atoms with Crippen LogP contribution in [0.4, 0.5) is 0 Å². The number of hydrogen-bond acceptors (Lipinski definition) is 6. The number of aliphatic hydroxyl groups excluding tert-OH is 1. The standard InChI is InChI=1S/C21H28N2O5S/c1-3-4-9-22-10-6-8-21-16(15-14(29-21)7-5-11-28-20(15)27)18(25)23(13(2)12-24)17(21)19(22)26/h5-8,13-17,24H,3-4,9-12H2,1-2H3/t13-,14-,15+,16+,17?,21+/m1/s1. The highest BCUT2D eigenvalue weighted by atomic mass is 32.2. The molecular formula is C21H28N2O5S. The highest BCUT2D eigenvalue weighted by Gasteiger charge is 2.71. The number of carbonyl (C=O) groups excluding carboxylic acids is 3. The Hall–Kier alpha value is -1.80. The molecule has 0 radical (unpaired) electrons. The molecule has 2 fully saturated rings. The molecule has 0 saturated carbocycles. The first-order valence-corrected chi connectivity index (χ1v) is 11.2. The third kappa shape index (κ3) is 3.03. The van der Waals surface area contributed by atoms with E-state index in [1.54, 1.807) is 11.8 Å². The van der Waals surface area contributed by atoms with E-state index in [2.05, 4.69) is 6.92 Å². The van der Waals surface area contributed by atoms with Crippen molar-refractivity contribution < 1.29 is 24.2 Å². The number of rotatable bonds is 5. The van der Waals surface area contributed by atoms with Crippen LogP contribution in [0.15, 0.2) is 24.3 Å². The lowest BCUT2D eigenvalue weighted by molar-refractivity contribution is -0.152. The van der Waals surface area contributed by atoms with Crippen LogP contribution >= 0.6 is 11.8 Å². The van der Waals surface area contributed by atoms with Gasteiger partial charge >= 0.3 is 5.97 Å². The van der Waals surface area contributed by atoms with Crippen molar-refractivity contribution in [3.8, 4) is 0 Å². The predicted octanol–water partition coefficient (Wildman–Crippen LogP) is 0.976. The Bertz CT molecular complexity index is 768. The normalized spacial score (nSPS) is 37.0. The van der Waals surface area contributed by atoms with E-state index in [9.17, 15) is 19.5 Å². The van der Waals surface area contributed by atoms with Gasteiger partial charge in [0.2, 0.25) is 11.8 Å². The first-order valence-electron chi connectivity index (χ1n) is 10.4. The average Bonchev–Trinajstić information content (AvgIpc) is 3.02. The van der Waals surface area contributed by atoms with Crippen LogP contribution in [0.1, 0.15) is 26.7 Å². The summed E-state index contributed by atoms with van der Waals surface area (Å²) in [5, 5.41) is 9.61. The molecule has 0 aromatic rings. The van der Waals surface area contributed by atoms with Gasteiger partial charge in [0.25, 0.3) is 0 Å². The number of fused-ring (bicyclic) bond motifs is 2. The molecule has 29 heavy (non-hydrogen) atoms. The number of nitrogens with zero attached hydrogens (tertiary/aromatic N) is 2. The van der Waals surface area contributed by atoms with E-state index in [0.29, 0.717) is 13.1 Å². The third-order valence-corrected chi connectivity index (χ3v) is 8.20. The number of cyclic esters (lactones) is 1. The minimum Gasteiger partial charge on any atom is -0.461 e. The van der Waals surface area contributed by atoms with Crippen molar-refractivity contribution in [2.24, 2.45) is 11.8 Å². The summed E-state index contributed by atoms with van der Waals surface area (Å²) in [7, 11) is 0. The first-order chi connectivity index (χ1) is 14.0. The molecule has 7 nitrogen and oxygen atoms in total. The largest absolute Gasteiger partial charge is 0.461 e. The maximum absolute atomic E-state index is 13.7. The molecule has 8 heteroatoms. The average molecular weight is 421 g/mol. The van der Waals surface area contributed by atoms with E-state index in [4.69, 9.17) is 4.74 Å². The number of amides is 2. The minimum absolute atomic E-state index is 0.0964. The van der Waals surface area contributed by atoms with Gasteiger partial charge in [-0.15, -0.1) is 11.8 Å². The van der Waals surface area contributed by atoms with Crippen molar-refractivity contribution >= 4 is 29.5 Å². The topological polar surface area (TPSA) is 87.2 Å². The summed E-state index contributed by atoms with van der Waals surface area (Å²) in [6.07, 6.45) is 9.56. The Kier molecular flexibility index (Phi) is 5.50.